The minimum absolute atomic E-state index is 0.0332. The van der Waals surface area contributed by atoms with E-state index in [1.54, 1.807) is 36.2 Å². The topological polar surface area (TPSA) is 105 Å². The number of nitrogens with one attached hydrogen (secondary N) is 4. The molecular formula is C21H28N6O. The Hall–Kier alpha value is -3.06. The third kappa shape index (κ3) is 5.47. The third-order valence-corrected chi connectivity index (χ3v) is 4.45. The first kappa shape index (κ1) is 21.2. The van der Waals surface area contributed by atoms with Crippen LogP contribution in [0, 0.1) is 10.8 Å². The van der Waals surface area contributed by atoms with Gasteiger partial charge in [0.05, 0.1) is 6.34 Å². The number of aromatic nitrogens is 1. The van der Waals surface area contributed by atoms with E-state index in [2.05, 4.69) is 22.2 Å². The summed E-state index contributed by atoms with van der Waals surface area (Å²) in [7, 11) is 0. The van der Waals surface area contributed by atoms with Crippen molar-refractivity contribution in [3.05, 3.63) is 65.2 Å². The van der Waals surface area contributed by atoms with Gasteiger partial charge in [0, 0.05) is 24.5 Å². The van der Waals surface area contributed by atoms with Crippen LogP contribution in [-0.2, 0) is 13.0 Å². The number of pyridine rings is 1. The molecule has 0 radical (unpaired) electrons. The fourth-order valence-corrected chi connectivity index (χ4v) is 2.80. The van der Waals surface area contributed by atoms with Gasteiger partial charge in [-0.2, -0.15) is 0 Å². The summed E-state index contributed by atoms with van der Waals surface area (Å²) in [5.41, 5.74) is 3.79. The molecule has 4 N–H and O–H groups in total. The summed E-state index contributed by atoms with van der Waals surface area (Å²) in [6.07, 6.45) is 8.98. The van der Waals surface area contributed by atoms with Gasteiger partial charge in [-0.15, -0.1) is 0 Å². The highest BCUT2D eigenvalue weighted by atomic mass is 16.1. The van der Waals surface area contributed by atoms with Crippen molar-refractivity contribution in [3.8, 4) is 0 Å². The molecule has 2 heterocycles. The molecule has 1 aliphatic heterocycles. The Morgan fingerprint density at radius 3 is 2.86 bits per heavy atom. The Balaban J connectivity index is 1.96. The van der Waals surface area contributed by atoms with Crippen LogP contribution in [0.15, 0.2) is 48.3 Å². The summed E-state index contributed by atoms with van der Waals surface area (Å²) in [6, 6.07) is 1.85. The molecule has 28 heavy (non-hydrogen) atoms. The first-order valence-electron chi connectivity index (χ1n) is 9.25. The van der Waals surface area contributed by atoms with E-state index in [0.717, 1.165) is 31.4 Å². The number of hydrogen-bond donors (Lipinski definition) is 4. The summed E-state index contributed by atoms with van der Waals surface area (Å²) in [4.78, 5) is 18.2. The smallest absolute Gasteiger partial charge is 0.274 e. The molecule has 0 unspecified atom stereocenters. The minimum atomic E-state index is -0.300. The molecule has 2 rings (SSSR count). The van der Waals surface area contributed by atoms with Crippen molar-refractivity contribution in [2.75, 3.05) is 6.54 Å². The van der Waals surface area contributed by atoms with Crippen LogP contribution in [-0.4, -0.2) is 40.6 Å². The van der Waals surface area contributed by atoms with Gasteiger partial charge < -0.3 is 15.5 Å². The van der Waals surface area contributed by atoms with E-state index >= 15 is 0 Å². The van der Waals surface area contributed by atoms with Gasteiger partial charge in [-0.05, 0) is 62.6 Å². The van der Waals surface area contributed by atoms with Gasteiger partial charge in [-0.1, -0.05) is 18.7 Å². The summed E-state index contributed by atoms with van der Waals surface area (Å²) in [6.45, 7) is 11.2. The number of allylic oxidation sites excluding steroid dienone is 3. The van der Waals surface area contributed by atoms with E-state index in [1.807, 2.05) is 19.9 Å². The number of carbonyl (C=O) groups excluding carboxylic acids is 1. The molecule has 0 fully saturated rings. The highest BCUT2D eigenvalue weighted by molar-refractivity contribution is 6.01. The van der Waals surface area contributed by atoms with Crippen molar-refractivity contribution in [1.29, 1.82) is 10.8 Å². The number of nitrogens with zero attached hydrogens (tertiary/aromatic N) is 2. The molecule has 7 nitrogen and oxygen atoms in total. The van der Waals surface area contributed by atoms with Crippen LogP contribution in [0.5, 0.6) is 0 Å². The van der Waals surface area contributed by atoms with Gasteiger partial charge in [0.2, 0.25) is 0 Å². The molecular weight excluding hydrogens is 352 g/mol. The lowest BCUT2D eigenvalue weighted by molar-refractivity contribution is 0.0962. The second kappa shape index (κ2) is 9.75. The van der Waals surface area contributed by atoms with Crippen LogP contribution in [0.3, 0.4) is 0 Å². The van der Waals surface area contributed by atoms with Gasteiger partial charge in [-0.3, -0.25) is 20.6 Å². The summed E-state index contributed by atoms with van der Waals surface area (Å²) in [5, 5.41) is 21.6. The minimum Gasteiger partial charge on any atom is -0.321 e. The number of fused-ring (bicyclic) bond motifs is 1. The second-order valence-electron chi connectivity index (χ2n) is 6.93. The van der Waals surface area contributed by atoms with Gasteiger partial charge in [0.15, 0.2) is 0 Å². The highest BCUT2D eigenvalue weighted by Crippen LogP contribution is 2.14. The van der Waals surface area contributed by atoms with E-state index in [4.69, 9.17) is 10.8 Å². The van der Waals surface area contributed by atoms with Crippen molar-refractivity contribution in [2.24, 2.45) is 0 Å². The zero-order valence-corrected chi connectivity index (χ0v) is 16.7. The van der Waals surface area contributed by atoms with Crippen LogP contribution in [0.25, 0.3) is 0 Å². The van der Waals surface area contributed by atoms with Crippen molar-refractivity contribution >= 4 is 18.1 Å². The van der Waals surface area contributed by atoms with Crippen molar-refractivity contribution in [2.45, 2.75) is 39.8 Å². The standard InChI is InChI=1S/C21H28N6O/c1-14(2)27(13-22)20(23)15(3)6-5-7-16(4)26-21(28)19-10-18-11-24-9-8-17(18)12-25-19/h5-7,10,12-14,22-24H,4,8-9,11H2,1-3H3,(H,26,28)/b7-5-,15-6+,22-13?,23-20?. The van der Waals surface area contributed by atoms with Crippen LogP contribution in [0.4, 0.5) is 0 Å². The quantitative estimate of drug-likeness (QED) is 0.332. The van der Waals surface area contributed by atoms with Crippen molar-refractivity contribution in [3.63, 3.8) is 0 Å². The Morgan fingerprint density at radius 2 is 2.18 bits per heavy atom. The Bertz CT molecular complexity index is 837. The molecule has 0 bridgehead atoms. The fraction of sp³-hybridized carbons (Fsp3) is 0.333. The van der Waals surface area contributed by atoms with Gasteiger partial charge in [-0.25, -0.2) is 0 Å². The van der Waals surface area contributed by atoms with Crippen LogP contribution >= 0.6 is 0 Å². The lowest BCUT2D eigenvalue weighted by Gasteiger charge is -2.24. The van der Waals surface area contributed by atoms with Gasteiger partial charge in [0.25, 0.3) is 5.91 Å². The summed E-state index contributed by atoms with van der Waals surface area (Å²) < 4.78 is 0. The van der Waals surface area contributed by atoms with Crippen LogP contribution in [0.2, 0.25) is 0 Å². The van der Waals surface area contributed by atoms with E-state index < -0.39 is 0 Å². The SMILES string of the molecule is C=C(/C=C\C=C(/C)C(=N)N(C=N)C(C)C)NC(=O)c1cc2c(cn1)CCNC2. The first-order valence-corrected chi connectivity index (χ1v) is 9.25. The molecule has 1 amide bonds. The number of amides is 1. The molecule has 1 aromatic rings. The lowest BCUT2D eigenvalue weighted by atomic mass is 10.0. The maximum Gasteiger partial charge on any atom is 0.274 e. The Morgan fingerprint density at radius 1 is 1.43 bits per heavy atom. The fourth-order valence-electron chi connectivity index (χ4n) is 2.80. The molecule has 0 aromatic carbocycles. The van der Waals surface area contributed by atoms with Crippen LogP contribution in [0.1, 0.15) is 42.4 Å². The largest absolute Gasteiger partial charge is 0.321 e. The first-order chi connectivity index (χ1) is 13.3. The Labute approximate surface area is 166 Å². The number of amidine groups is 1. The van der Waals surface area contributed by atoms with Crippen molar-refractivity contribution < 1.29 is 4.79 Å². The van der Waals surface area contributed by atoms with Crippen molar-refractivity contribution in [1.82, 2.24) is 20.5 Å². The van der Waals surface area contributed by atoms with Gasteiger partial charge in [0.1, 0.15) is 11.5 Å². The molecule has 1 aromatic heterocycles. The summed E-state index contributed by atoms with van der Waals surface area (Å²) in [5.74, 6) is -0.0394. The number of rotatable bonds is 7. The zero-order valence-electron chi connectivity index (χ0n) is 16.7. The van der Waals surface area contributed by atoms with Gasteiger partial charge >= 0.3 is 0 Å². The second-order valence-corrected chi connectivity index (χ2v) is 6.93. The maximum absolute atomic E-state index is 12.4. The predicted octanol–water partition coefficient (Wildman–Crippen LogP) is 2.77. The maximum atomic E-state index is 12.4. The van der Waals surface area contributed by atoms with E-state index in [0.29, 0.717) is 17.0 Å². The predicted molar refractivity (Wildman–Crippen MR) is 113 cm³/mol. The molecule has 7 heteroatoms. The van der Waals surface area contributed by atoms with E-state index in [9.17, 15) is 4.79 Å². The molecule has 0 saturated carbocycles. The lowest BCUT2D eigenvalue weighted by Crippen LogP contribution is -2.35. The number of carbonyl (C=O) groups is 1. The molecule has 0 spiro atoms. The molecule has 148 valence electrons. The molecule has 0 atom stereocenters. The third-order valence-electron chi connectivity index (χ3n) is 4.45. The van der Waals surface area contributed by atoms with E-state index in [-0.39, 0.29) is 17.8 Å². The Kier molecular flexibility index (Phi) is 7.40. The van der Waals surface area contributed by atoms with E-state index in [1.165, 1.54) is 5.56 Å². The normalized spacial score (nSPS) is 13.9. The van der Waals surface area contributed by atoms with Crippen LogP contribution < -0.4 is 10.6 Å². The average molecular weight is 380 g/mol. The zero-order chi connectivity index (χ0) is 20.7. The highest BCUT2D eigenvalue weighted by Gasteiger charge is 2.14. The number of hydrogen-bond acceptors (Lipinski definition) is 5. The monoisotopic (exact) mass is 380 g/mol. The molecule has 0 aliphatic carbocycles. The summed E-state index contributed by atoms with van der Waals surface area (Å²) >= 11 is 0. The average Bonchev–Trinajstić information content (AvgIpc) is 2.67. The molecule has 1 aliphatic rings. The molecule has 0 saturated heterocycles.